The molecule has 0 bridgehead atoms. The molecule has 8 atom stereocenters. The van der Waals surface area contributed by atoms with Gasteiger partial charge in [0.15, 0.2) is 12.4 Å². The molecule has 1 amide bonds. The first kappa shape index (κ1) is 34.9. The molecule has 250 valence electrons. The van der Waals surface area contributed by atoms with Crippen LogP contribution in [0.1, 0.15) is 72.1 Å². The van der Waals surface area contributed by atoms with E-state index in [0.29, 0.717) is 25.7 Å². The summed E-state index contributed by atoms with van der Waals surface area (Å²) in [5, 5.41) is 42.2. The Morgan fingerprint density at radius 3 is 2.51 bits per heavy atom. The van der Waals surface area contributed by atoms with Gasteiger partial charge in [-0.2, -0.15) is 0 Å². The van der Waals surface area contributed by atoms with Crippen LogP contribution in [0.15, 0.2) is 23.8 Å². The number of ether oxygens (including phenoxy) is 2. The molecule has 14 nitrogen and oxygen atoms in total. The average molecular weight is 637 g/mol. The van der Waals surface area contributed by atoms with E-state index >= 15 is 0 Å². The van der Waals surface area contributed by atoms with Crippen LogP contribution in [0, 0.1) is 28.6 Å². The molecule has 5 N–H and O–H groups in total. The number of Topliss-reactive ketones (excluding diaryl/α,β-unsaturated/α-hetero) is 1. The van der Waals surface area contributed by atoms with E-state index in [1.807, 2.05) is 19.9 Å². The van der Waals surface area contributed by atoms with Gasteiger partial charge >= 0.3 is 11.9 Å². The quantitative estimate of drug-likeness (QED) is 0.110. The molecule has 0 spiro atoms. The summed E-state index contributed by atoms with van der Waals surface area (Å²) in [6, 6.07) is -1.37. The third-order valence-electron chi connectivity index (χ3n) is 10.5. The summed E-state index contributed by atoms with van der Waals surface area (Å²) in [7, 11) is 0. The van der Waals surface area contributed by atoms with Gasteiger partial charge in [0.1, 0.15) is 11.6 Å². The molecule has 0 aromatic rings. The van der Waals surface area contributed by atoms with Gasteiger partial charge in [-0.05, 0) is 68.9 Å². The number of nitrogens with one attached hydrogen (secondary N) is 1. The zero-order chi connectivity index (χ0) is 33.2. The molecular weight excluding hydrogens is 592 g/mol. The number of allylic oxidation sites excluding steroid dienone is 4. The predicted octanol–water partition coefficient (Wildman–Crippen LogP) is 1.34. The lowest BCUT2D eigenvalue weighted by Crippen LogP contribution is -2.61. The number of carbonyl (C=O) groups excluding carboxylic acids is 5. The van der Waals surface area contributed by atoms with Gasteiger partial charge in [0.25, 0.3) is 0 Å². The fraction of sp³-hybridized carbons (Fsp3) is 0.710. The Labute approximate surface area is 261 Å². The minimum atomic E-state index is -1.85. The van der Waals surface area contributed by atoms with E-state index in [-0.39, 0.29) is 49.6 Å². The summed E-state index contributed by atoms with van der Waals surface area (Å²) in [6.45, 7) is 4.13. The molecule has 4 aliphatic rings. The zero-order valence-electron chi connectivity index (χ0n) is 25.9. The van der Waals surface area contributed by atoms with Crippen LogP contribution in [0.2, 0.25) is 0 Å². The SMILES string of the molecule is CC(=O)NC(CC(=O)OCC(=O)[C@@]1(O)CC[C@H]2[C@@H]3CCC4=CC(=O)C=C[C@]4(C)C3[C@@H](O)C[C@@]21C)C(=O)OCCCCON(O)O. The van der Waals surface area contributed by atoms with Crippen LogP contribution in [-0.4, -0.2) is 93.0 Å². The number of ketones is 2. The number of unbranched alkanes of at least 4 members (excludes halogenated alkanes) is 1. The van der Waals surface area contributed by atoms with Gasteiger partial charge in [-0.3, -0.25) is 34.4 Å². The third-order valence-corrected chi connectivity index (χ3v) is 10.5. The largest absolute Gasteiger partial charge is 0.464 e. The molecule has 0 radical (unpaired) electrons. The van der Waals surface area contributed by atoms with Crippen molar-refractivity contribution in [2.24, 2.45) is 28.6 Å². The number of hydrogen-bond donors (Lipinski definition) is 5. The molecule has 0 saturated heterocycles. The summed E-state index contributed by atoms with van der Waals surface area (Å²) in [4.78, 5) is 66.8. The lowest BCUT2D eigenvalue weighted by atomic mass is 9.46. The van der Waals surface area contributed by atoms with Crippen molar-refractivity contribution in [2.45, 2.75) is 89.9 Å². The van der Waals surface area contributed by atoms with Gasteiger partial charge in [0.2, 0.25) is 11.7 Å². The molecule has 0 heterocycles. The topological polar surface area (TPSA) is 209 Å². The predicted molar refractivity (Wildman–Crippen MR) is 153 cm³/mol. The maximum Gasteiger partial charge on any atom is 0.329 e. The van der Waals surface area contributed by atoms with Crippen molar-refractivity contribution in [3.8, 4) is 0 Å². The van der Waals surface area contributed by atoms with Gasteiger partial charge in [0.05, 0.1) is 31.1 Å². The van der Waals surface area contributed by atoms with Crippen molar-refractivity contribution in [3.63, 3.8) is 0 Å². The molecule has 4 rings (SSSR count). The monoisotopic (exact) mass is 636 g/mol. The Morgan fingerprint density at radius 1 is 1.11 bits per heavy atom. The second-order valence-electron chi connectivity index (χ2n) is 13.1. The van der Waals surface area contributed by atoms with E-state index in [1.54, 1.807) is 12.2 Å². The molecule has 3 fully saturated rings. The van der Waals surface area contributed by atoms with Gasteiger partial charge in [-0.25, -0.2) is 4.79 Å². The normalized spacial score (nSPS) is 34.2. The van der Waals surface area contributed by atoms with Crippen molar-refractivity contribution in [1.29, 1.82) is 0 Å². The first-order valence-corrected chi connectivity index (χ1v) is 15.4. The molecule has 4 aliphatic carbocycles. The third kappa shape index (κ3) is 7.05. The van der Waals surface area contributed by atoms with Gasteiger partial charge in [-0.1, -0.05) is 25.5 Å². The van der Waals surface area contributed by atoms with E-state index in [4.69, 9.17) is 19.9 Å². The van der Waals surface area contributed by atoms with E-state index < -0.39 is 70.6 Å². The number of rotatable bonds is 13. The highest BCUT2D eigenvalue weighted by Crippen LogP contribution is 2.67. The first-order chi connectivity index (χ1) is 21.1. The van der Waals surface area contributed by atoms with E-state index in [1.165, 1.54) is 0 Å². The van der Waals surface area contributed by atoms with E-state index in [0.717, 1.165) is 18.9 Å². The fourth-order valence-corrected chi connectivity index (χ4v) is 8.34. The number of hydrogen-bond acceptors (Lipinski definition) is 13. The Kier molecular flexibility index (Phi) is 10.7. The maximum absolute atomic E-state index is 13.5. The standard InChI is InChI=1S/C31H44N2O12/c1-18(34)32-23(28(39)43-12-4-5-13-45-33(41)42)15-26(38)44-17-25(37)31(40)11-9-22-21-7-6-19-14-20(35)8-10-29(19,2)27(21)24(36)16-30(22,31)3/h8,10,14,21-24,27,36,40-42H,4-7,9,11-13,15-17H2,1-3H3,(H,32,34)/t21-,22-,23?,24-,27?,29-,30-,31-/m0/s1. The molecular formula is C31H44N2O12. The highest BCUT2D eigenvalue weighted by molar-refractivity contribution is 6.01. The maximum atomic E-state index is 13.5. The summed E-state index contributed by atoms with van der Waals surface area (Å²) >= 11 is 0. The zero-order valence-corrected chi connectivity index (χ0v) is 25.9. The summed E-state index contributed by atoms with van der Waals surface area (Å²) < 4.78 is 10.3. The Morgan fingerprint density at radius 2 is 1.82 bits per heavy atom. The van der Waals surface area contributed by atoms with E-state index in [9.17, 15) is 34.2 Å². The van der Waals surface area contributed by atoms with Gasteiger partial charge in [-0.15, -0.1) is 0 Å². The van der Waals surface area contributed by atoms with Crippen LogP contribution >= 0.6 is 0 Å². The average Bonchev–Trinajstić information content (AvgIpc) is 3.23. The molecule has 3 saturated carbocycles. The van der Waals surface area contributed by atoms with Crippen LogP contribution in [0.3, 0.4) is 0 Å². The van der Waals surface area contributed by atoms with Crippen LogP contribution in [0.4, 0.5) is 0 Å². The second kappa shape index (κ2) is 13.8. The molecule has 0 aliphatic heterocycles. The number of aliphatic hydroxyl groups excluding tert-OH is 1. The van der Waals surface area contributed by atoms with Crippen LogP contribution in [0.25, 0.3) is 0 Å². The number of aliphatic hydroxyl groups is 2. The minimum absolute atomic E-state index is 0.0131. The van der Waals surface area contributed by atoms with Gasteiger partial charge < -0.3 is 25.0 Å². The van der Waals surface area contributed by atoms with Crippen molar-refractivity contribution in [1.82, 2.24) is 10.7 Å². The lowest BCUT2D eigenvalue weighted by molar-refractivity contribution is -0.492. The molecule has 0 aromatic heterocycles. The summed E-state index contributed by atoms with van der Waals surface area (Å²) in [5.41, 5.74) is -2.30. The highest BCUT2D eigenvalue weighted by Gasteiger charge is 2.68. The Balaban J connectivity index is 1.35. The lowest BCUT2D eigenvalue weighted by Gasteiger charge is -2.59. The summed E-state index contributed by atoms with van der Waals surface area (Å²) in [6.07, 6.45) is 6.56. The van der Waals surface area contributed by atoms with Crippen molar-refractivity contribution >= 4 is 29.4 Å². The number of nitrogens with zero attached hydrogens (tertiary/aromatic N) is 1. The highest BCUT2D eigenvalue weighted by atomic mass is 17.1. The molecule has 0 aromatic carbocycles. The fourth-order valence-electron chi connectivity index (χ4n) is 8.34. The summed E-state index contributed by atoms with van der Waals surface area (Å²) in [5.74, 6) is -3.42. The number of fused-ring (bicyclic) bond motifs is 5. The number of esters is 2. The minimum Gasteiger partial charge on any atom is -0.464 e. The first-order valence-electron chi connectivity index (χ1n) is 15.4. The van der Waals surface area contributed by atoms with Gasteiger partial charge in [0, 0.05) is 23.7 Å². The number of amides is 1. The molecule has 14 heteroatoms. The van der Waals surface area contributed by atoms with Crippen LogP contribution in [0.5, 0.6) is 0 Å². The van der Waals surface area contributed by atoms with Crippen molar-refractivity contribution in [3.05, 3.63) is 23.8 Å². The Hall–Kier alpha value is -3.01. The van der Waals surface area contributed by atoms with Crippen molar-refractivity contribution in [2.75, 3.05) is 19.8 Å². The van der Waals surface area contributed by atoms with Crippen molar-refractivity contribution < 1.29 is 58.9 Å². The molecule has 2 unspecified atom stereocenters. The Bertz CT molecular complexity index is 1250. The van der Waals surface area contributed by atoms with Crippen LogP contribution < -0.4 is 5.32 Å². The van der Waals surface area contributed by atoms with E-state index in [2.05, 4.69) is 10.2 Å². The second-order valence-corrected chi connectivity index (χ2v) is 13.1. The van der Waals surface area contributed by atoms with Crippen LogP contribution in [-0.2, 0) is 38.3 Å². The number of carbonyl (C=O) groups is 5. The smallest absolute Gasteiger partial charge is 0.329 e. The molecule has 45 heavy (non-hydrogen) atoms.